The number of carbonyl (C=O) groups excluding carboxylic acids is 2. The fraction of sp³-hybridized carbons (Fsp3) is 0.895. The molecule has 25 heavy (non-hydrogen) atoms. The average Bonchev–Trinajstić information content (AvgIpc) is 2.46. The maximum atomic E-state index is 11.7. The van der Waals surface area contributed by atoms with E-state index >= 15 is 0 Å². The zero-order chi connectivity index (χ0) is 19.3. The Kier molecular flexibility index (Phi) is 12.2. The maximum Gasteiger partial charge on any atom is 0.306 e. The second-order valence-electron chi connectivity index (χ2n) is 8.35. The first-order chi connectivity index (χ1) is 11.6. The number of hydrogen-bond donors (Lipinski definition) is 2. The molecule has 0 rings (SSSR count). The van der Waals surface area contributed by atoms with Gasteiger partial charge in [-0.3, -0.25) is 9.59 Å². The Morgan fingerprint density at radius 1 is 1.04 bits per heavy atom. The van der Waals surface area contributed by atoms with Crippen LogP contribution in [-0.2, 0) is 14.3 Å². The van der Waals surface area contributed by atoms with Gasteiger partial charge in [-0.05, 0) is 29.9 Å². The highest BCUT2D eigenvalue weighted by atomic mass is 32.2. The molecule has 0 aliphatic carbocycles. The molecule has 0 heterocycles. The zero-order valence-corrected chi connectivity index (χ0v) is 17.8. The van der Waals surface area contributed by atoms with Crippen LogP contribution < -0.4 is 10.6 Å². The molecule has 1 amide bonds. The van der Waals surface area contributed by atoms with Crippen LogP contribution in [0.5, 0.6) is 0 Å². The molecule has 5 nitrogen and oxygen atoms in total. The van der Waals surface area contributed by atoms with Crippen LogP contribution in [0.4, 0.5) is 0 Å². The summed E-state index contributed by atoms with van der Waals surface area (Å²) in [6.07, 6.45) is 1.94. The molecule has 0 radical (unpaired) electrons. The van der Waals surface area contributed by atoms with E-state index < -0.39 is 0 Å². The van der Waals surface area contributed by atoms with Crippen molar-refractivity contribution in [2.24, 2.45) is 10.8 Å². The predicted octanol–water partition coefficient (Wildman–Crippen LogP) is 3.23. The first kappa shape index (κ1) is 24.2. The van der Waals surface area contributed by atoms with E-state index in [2.05, 4.69) is 45.3 Å². The summed E-state index contributed by atoms with van der Waals surface area (Å²) >= 11 is 1.81. The van der Waals surface area contributed by atoms with Gasteiger partial charge in [0, 0.05) is 31.8 Å². The number of amides is 1. The lowest BCUT2D eigenvalue weighted by atomic mass is 9.86. The van der Waals surface area contributed by atoms with Crippen LogP contribution in [0.1, 0.15) is 60.8 Å². The summed E-state index contributed by atoms with van der Waals surface area (Å²) in [7, 11) is 0. The monoisotopic (exact) mass is 374 g/mol. The van der Waals surface area contributed by atoms with Gasteiger partial charge in [-0.15, -0.1) is 0 Å². The molecule has 0 bridgehead atoms. The number of hydrogen-bond acceptors (Lipinski definition) is 5. The largest absolute Gasteiger partial charge is 0.466 e. The highest BCUT2D eigenvalue weighted by molar-refractivity contribution is 7.99. The van der Waals surface area contributed by atoms with Crippen molar-refractivity contribution in [1.82, 2.24) is 10.6 Å². The fourth-order valence-corrected chi connectivity index (χ4v) is 3.31. The third kappa shape index (κ3) is 16.5. The highest BCUT2D eigenvalue weighted by Crippen LogP contribution is 2.27. The predicted molar refractivity (Wildman–Crippen MR) is 107 cm³/mol. The summed E-state index contributed by atoms with van der Waals surface area (Å²) in [5.41, 5.74) is 0.204. The summed E-state index contributed by atoms with van der Waals surface area (Å²) in [6.45, 7) is 15.3. The fourth-order valence-electron chi connectivity index (χ4n) is 2.16. The zero-order valence-electron chi connectivity index (χ0n) is 17.0. The molecular weight excluding hydrogens is 336 g/mol. The van der Waals surface area contributed by atoms with Crippen LogP contribution in [0.15, 0.2) is 0 Å². The first-order valence-electron chi connectivity index (χ1n) is 9.26. The number of thioether (sulfide) groups is 1. The van der Waals surface area contributed by atoms with Gasteiger partial charge in [-0.25, -0.2) is 0 Å². The third-order valence-electron chi connectivity index (χ3n) is 3.60. The third-order valence-corrected chi connectivity index (χ3v) is 4.59. The number of rotatable bonds is 13. The molecule has 148 valence electrons. The van der Waals surface area contributed by atoms with Crippen molar-refractivity contribution in [2.75, 3.05) is 37.7 Å². The van der Waals surface area contributed by atoms with Crippen LogP contribution >= 0.6 is 11.8 Å². The van der Waals surface area contributed by atoms with E-state index in [-0.39, 0.29) is 22.7 Å². The second-order valence-corrected chi connectivity index (χ2v) is 9.57. The van der Waals surface area contributed by atoms with Gasteiger partial charge in [-0.2, -0.15) is 11.8 Å². The minimum absolute atomic E-state index is 0.0405. The molecule has 2 N–H and O–H groups in total. The number of ether oxygens (including phenoxy) is 1. The maximum absolute atomic E-state index is 11.7. The van der Waals surface area contributed by atoms with E-state index in [0.717, 1.165) is 31.0 Å². The molecule has 0 unspecified atom stereocenters. The Hall–Kier alpha value is -0.750. The molecule has 0 atom stereocenters. The summed E-state index contributed by atoms with van der Waals surface area (Å²) in [5, 5.41) is 6.26. The Balaban J connectivity index is 3.62. The van der Waals surface area contributed by atoms with Crippen molar-refractivity contribution in [3.05, 3.63) is 0 Å². The molecule has 0 fully saturated rings. The molecule has 0 aromatic carbocycles. The van der Waals surface area contributed by atoms with E-state index in [1.807, 2.05) is 18.7 Å². The second kappa shape index (κ2) is 12.6. The van der Waals surface area contributed by atoms with Crippen LogP contribution in [0.3, 0.4) is 0 Å². The van der Waals surface area contributed by atoms with Gasteiger partial charge in [0.2, 0.25) is 5.91 Å². The van der Waals surface area contributed by atoms with Crippen molar-refractivity contribution in [2.45, 2.75) is 60.8 Å². The van der Waals surface area contributed by atoms with Crippen molar-refractivity contribution in [1.29, 1.82) is 0 Å². The van der Waals surface area contributed by atoms with Gasteiger partial charge in [0.15, 0.2) is 0 Å². The van der Waals surface area contributed by atoms with E-state index in [1.54, 1.807) is 0 Å². The number of esters is 1. The first-order valence-corrected chi connectivity index (χ1v) is 10.4. The summed E-state index contributed by atoms with van der Waals surface area (Å²) in [5.74, 6) is 1.86. The van der Waals surface area contributed by atoms with Crippen molar-refractivity contribution in [3.8, 4) is 0 Å². The van der Waals surface area contributed by atoms with E-state index in [9.17, 15) is 9.59 Å². The van der Waals surface area contributed by atoms with Crippen molar-refractivity contribution in [3.63, 3.8) is 0 Å². The standard InChI is InChI=1S/C19H38N2O3S/c1-7-24-17(23)14-19(5,6)9-12-25-13-11-21-16(22)8-10-20-15-18(2,3)4/h20H,7-15H2,1-6H3,(H,21,22). The molecule has 0 aliphatic rings. The molecule has 6 heteroatoms. The van der Waals surface area contributed by atoms with Crippen molar-refractivity contribution < 1.29 is 14.3 Å². The van der Waals surface area contributed by atoms with Crippen LogP contribution in [0, 0.1) is 10.8 Å². The average molecular weight is 375 g/mol. The lowest BCUT2D eigenvalue weighted by molar-refractivity contribution is -0.145. The SMILES string of the molecule is CCOC(=O)CC(C)(C)CCSCCNC(=O)CCNCC(C)(C)C. The van der Waals surface area contributed by atoms with Gasteiger partial charge >= 0.3 is 5.97 Å². The molecule has 0 saturated carbocycles. The van der Waals surface area contributed by atoms with E-state index in [1.165, 1.54) is 0 Å². The normalized spacial score (nSPS) is 12.1. The van der Waals surface area contributed by atoms with E-state index in [4.69, 9.17) is 4.74 Å². The van der Waals surface area contributed by atoms with Crippen LogP contribution in [0.25, 0.3) is 0 Å². The Labute approximate surface area is 158 Å². The summed E-state index contributed by atoms with van der Waals surface area (Å²) < 4.78 is 5.01. The van der Waals surface area contributed by atoms with Gasteiger partial charge in [0.05, 0.1) is 13.0 Å². The Morgan fingerprint density at radius 3 is 2.32 bits per heavy atom. The molecule has 0 aromatic heterocycles. The van der Waals surface area contributed by atoms with Gasteiger partial charge in [-0.1, -0.05) is 34.6 Å². The number of nitrogens with one attached hydrogen (secondary N) is 2. The lowest BCUT2D eigenvalue weighted by Gasteiger charge is -2.23. The topological polar surface area (TPSA) is 67.4 Å². The molecule has 0 spiro atoms. The Bertz CT molecular complexity index is 393. The van der Waals surface area contributed by atoms with E-state index in [0.29, 0.717) is 26.0 Å². The quantitative estimate of drug-likeness (QED) is 0.383. The van der Waals surface area contributed by atoms with Crippen molar-refractivity contribution >= 4 is 23.6 Å². The van der Waals surface area contributed by atoms with Gasteiger partial charge in [0.1, 0.15) is 0 Å². The van der Waals surface area contributed by atoms with Crippen LogP contribution in [0.2, 0.25) is 0 Å². The highest BCUT2D eigenvalue weighted by Gasteiger charge is 2.22. The summed E-state index contributed by atoms with van der Waals surface area (Å²) in [4.78, 5) is 23.3. The van der Waals surface area contributed by atoms with Gasteiger partial charge < -0.3 is 15.4 Å². The summed E-state index contributed by atoms with van der Waals surface area (Å²) in [6, 6.07) is 0. The van der Waals surface area contributed by atoms with Crippen LogP contribution in [-0.4, -0.2) is 49.6 Å². The lowest BCUT2D eigenvalue weighted by Crippen LogP contribution is -2.32. The minimum atomic E-state index is -0.121. The van der Waals surface area contributed by atoms with Gasteiger partial charge in [0.25, 0.3) is 0 Å². The molecular formula is C19H38N2O3S. The minimum Gasteiger partial charge on any atom is -0.466 e. The molecule has 0 aliphatic heterocycles. The number of carbonyl (C=O) groups is 2. The molecule has 0 aromatic rings. The molecule has 0 saturated heterocycles. The smallest absolute Gasteiger partial charge is 0.306 e. The Morgan fingerprint density at radius 2 is 1.72 bits per heavy atom.